The summed E-state index contributed by atoms with van der Waals surface area (Å²) in [4.78, 5) is 4.37. The summed E-state index contributed by atoms with van der Waals surface area (Å²) in [5.74, 6) is -4.09. The number of fused-ring (bicyclic) bond motifs is 1. The van der Waals surface area contributed by atoms with Crippen LogP contribution in [0.25, 0.3) is 5.65 Å². The molecule has 3 aromatic rings. The highest BCUT2D eigenvalue weighted by Gasteiger charge is 2.17. The Morgan fingerprint density at radius 3 is 2.57 bits per heavy atom. The summed E-state index contributed by atoms with van der Waals surface area (Å²) in [6.07, 6.45) is 3.66. The van der Waals surface area contributed by atoms with Crippen molar-refractivity contribution in [1.82, 2.24) is 14.7 Å². The lowest BCUT2D eigenvalue weighted by atomic mass is 10.1. The maximum Gasteiger partial charge on any atom is 0.194 e. The molecule has 0 aliphatic heterocycles. The van der Waals surface area contributed by atoms with Crippen LogP contribution in [0.3, 0.4) is 0 Å². The standard InChI is InChI=1S/C16H14F3N3O/c17-12-5-10(6-13(18)16(12)19)14(9-23)20-7-11-8-22-4-2-1-3-15(22)21-11/h1-6,8,14,20,23H,7,9H2. The van der Waals surface area contributed by atoms with Crippen molar-refractivity contribution in [3.63, 3.8) is 0 Å². The molecule has 0 saturated carbocycles. The molecule has 1 atom stereocenters. The van der Waals surface area contributed by atoms with Crippen molar-refractivity contribution in [2.75, 3.05) is 6.61 Å². The van der Waals surface area contributed by atoms with Gasteiger partial charge in [-0.25, -0.2) is 18.2 Å². The van der Waals surface area contributed by atoms with Crippen molar-refractivity contribution >= 4 is 5.65 Å². The Bertz CT molecular complexity index is 778. The second-order valence-corrected chi connectivity index (χ2v) is 5.11. The third-order valence-corrected chi connectivity index (χ3v) is 3.53. The van der Waals surface area contributed by atoms with Gasteiger partial charge < -0.3 is 14.8 Å². The van der Waals surface area contributed by atoms with E-state index in [1.807, 2.05) is 35.0 Å². The van der Waals surface area contributed by atoms with E-state index in [0.29, 0.717) is 5.69 Å². The normalized spacial score (nSPS) is 12.7. The van der Waals surface area contributed by atoms with E-state index in [1.54, 1.807) is 0 Å². The van der Waals surface area contributed by atoms with Crippen LogP contribution in [0.15, 0.2) is 42.7 Å². The highest BCUT2D eigenvalue weighted by molar-refractivity contribution is 5.39. The Labute approximate surface area is 130 Å². The average molecular weight is 321 g/mol. The third kappa shape index (κ3) is 3.20. The summed E-state index contributed by atoms with van der Waals surface area (Å²) in [5, 5.41) is 12.4. The van der Waals surface area contributed by atoms with Gasteiger partial charge in [0.1, 0.15) is 5.65 Å². The average Bonchev–Trinajstić information content (AvgIpc) is 2.96. The van der Waals surface area contributed by atoms with Crippen LogP contribution in [0.5, 0.6) is 0 Å². The molecule has 2 N–H and O–H groups in total. The van der Waals surface area contributed by atoms with Crippen LogP contribution in [0.4, 0.5) is 13.2 Å². The Morgan fingerprint density at radius 2 is 1.91 bits per heavy atom. The van der Waals surface area contributed by atoms with Crippen molar-refractivity contribution in [2.24, 2.45) is 0 Å². The number of nitrogens with one attached hydrogen (secondary N) is 1. The number of hydrogen-bond donors (Lipinski definition) is 2. The molecular weight excluding hydrogens is 307 g/mol. The van der Waals surface area contributed by atoms with Gasteiger partial charge in [0.15, 0.2) is 17.5 Å². The minimum absolute atomic E-state index is 0.132. The minimum Gasteiger partial charge on any atom is -0.394 e. The highest BCUT2D eigenvalue weighted by Crippen LogP contribution is 2.19. The van der Waals surface area contributed by atoms with Crippen molar-refractivity contribution in [3.8, 4) is 0 Å². The number of aliphatic hydroxyl groups excluding tert-OH is 1. The largest absolute Gasteiger partial charge is 0.394 e. The summed E-state index contributed by atoms with van der Waals surface area (Å²) in [7, 11) is 0. The zero-order valence-electron chi connectivity index (χ0n) is 12.0. The number of halogens is 3. The Morgan fingerprint density at radius 1 is 1.17 bits per heavy atom. The molecular formula is C16H14F3N3O. The summed E-state index contributed by atoms with van der Waals surface area (Å²) in [6, 6.07) is 6.58. The van der Waals surface area contributed by atoms with Gasteiger partial charge in [-0.15, -0.1) is 0 Å². The minimum atomic E-state index is -1.52. The fraction of sp³-hybridized carbons (Fsp3) is 0.188. The number of aliphatic hydroxyl groups is 1. The molecule has 0 amide bonds. The number of nitrogens with zero attached hydrogens (tertiary/aromatic N) is 2. The fourth-order valence-electron chi connectivity index (χ4n) is 2.36. The predicted octanol–water partition coefficient (Wildman–Crippen LogP) is 2.57. The van der Waals surface area contributed by atoms with Gasteiger partial charge in [0, 0.05) is 18.9 Å². The van der Waals surface area contributed by atoms with Gasteiger partial charge in [-0.1, -0.05) is 6.07 Å². The first-order valence-electron chi connectivity index (χ1n) is 7.00. The van der Waals surface area contributed by atoms with Gasteiger partial charge in [-0.2, -0.15) is 0 Å². The lowest BCUT2D eigenvalue weighted by molar-refractivity contribution is 0.242. The van der Waals surface area contributed by atoms with E-state index >= 15 is 0 Å². The van der Waals surface area contributed by atoms with Crippen LogP contribution in [0.2, 0.25) is 0 Å². The molecule has 0 saturated heterocycles. The van der Waals surface area contributed by atoms with E-state index < -0.39 is 30.1 Å². The van der Waals surface area contributed by atoms with E-state index in [1.165, 1.54) is 0 Å². The smallest absolute Gasteiger partial charge is 0.194 e. The second kappa shape index (κ2) is 6.39. The molecule has 0 bridgehead atoms. The molecule has 0 radical (unpaired) electrons. The van der Waals surface area contributed by atoms with Gasteiger partial charge in [0.05, 0.1) is 18.3 Å². The number of pyridine rings is 1. The molecule has 2 heterocycles. The van der Waals surface area contributed by atoms with Crippen molar-refractivity contribution in [3.05, 3.63) is 71.4 Å². The maximum absolute atomic E-state index is 13.3. The summed E-state index contributed by atoms with van der Waals surface area (Å²) < 4.78 is 41.4. The van der Waals surface area contributed by atoms with Crippen molar-refractivity contribution in [1.29, 1.82) is 0 Å². The van der Waals surface area contributed by atoms with Gasteiger partial charge in [0.25, 0.3) is 0 Å². The summed E-state index contributed by atoms with van der Waals surface area (Å²) in [5.41, 5.74) is 1.61. The molecule has 0 aliphatic carbocycles. The monoisotopic (exact) mass is 321 g/mol. The predicted molar refractivity (Wildman–Crippen MR) is 78.2 cm³/mol. The van der Waals surface area contributed by atoms with Crippen LogP contribution in [0.1, 0.15) is 17.3 Å². The molecule has 1 unspecified atom stereocenters. The van der Waals surface area contributed by atoms with Crippen molar-refractivity contribution < 1.29 is 18.3 Å². The first-order chi connectivity index (χ1) is 11.1. The maximum atomic E-state index is 13.3. The molecule has 3 rings (SSSR count). The number of rotatable bonds is 5. The third-order valence-electron chi connectivity index (χ3n) is 3.53. The van der Waals surface area contributed by atoms with Gasteiger partial charge in [-0.05, 0) is 29.8 Å². The zero-order chi connectivity index (χ0) is 16.4. The van der Waals surface area contributed by atoms with E-state index in [0.717, 1.165) is 17.8 Å². The zero-order valence-corrected chi connectivity index (χ0v) is 12.0. The Hall–Kier alpha value is -2.38. The lowest BCUT2D eigenvalue weighted by Gasteiger charge is -2.16. The first-order valence-corrected chi connectivity index (χ1v) is 7.00. The molecule has 0 aliphatic rings. The number of imidazole rings is 1. The van der Waals surface area contributed by atoms with Gasteiger partial charge in [0.2, 0.25) is 0 Å². The molecule has 120 valence electrons. The molecule has 2 aromatic heterocycles. The summed E-state index contributed by atoms with van der Waals surface area (Å²) in [6.45, 7) is -0.106. The van der Waals surface area contributed by atoms with Crippen LogP contribution >= 0.6 is 0 Å². The Kier molecular flexibility index (Phi) is 4.31. The lowest BCUT2D eigenvalue weighted by Crippen LogP contribution is -2.24. The molecule has 7 heteroatoms. The first kappa shape index (κ1) is 15.5. The molecule has 23 heavy (non-hydrogen) atoms. The van der Waals surface area contributed by atoms with Crippen LogP contribution in [0, 0.1) is 17.5 Å². The molecule has 0 fully saturated rings. The second-order valence-electron chi connectivity index (χ2n) is 5.11. The van der Waals surface area contributed by atoms with Gasteiger partial charge in [-0.3, -0.25) is 0 Å². The number of aromatic nitrogens is 2. The number of hydrogen-bond acceptors (Lipinski definition) is 3. The summed E-state index contributed by atoms with van der Waals surface area (Å²) >= 11 is 0. The highest BCUT2D eigenvalue weighted by atomic mass is 19.2. The van der Waals surface area contributed by atoms with Gasteiger partial charge >= 0.3 is 0 Å². The number of benzene rings is 1. The van der Waals surface area contributed by atoms with Crippen LogP contribution in [-0.4, -0.2) is 21.1 Å². The quantitative estimate of drug-likeness (QED) is 0.710. The van der Waals surface area contributed by atoms with Crippen LogP contribution in [-0.2, 0) is 6.54 Å². The molecule has 1 aromatic carbocycles. The van der Waals surface area contributed by atoms with E-state index in [-0.39, 0.29) is 12.1 Å². The van der Waals surface area contributed by atoms with E-state index in [4.69, 9.17) is 0 Å². The van der Waals surface area contributed by atoms with Crippen molar-refractivity contribution in [2.45, 2.75) is 12.6 Å². The topological polar surface area (TPSA) is 49.6 Å². The van der Waals surface area contributed by atoms with E-state index in [9.17, 15) is 18.3 Å². The van der Waals surface area contributed by atoms with Crippen LogP contribution < -0.4 is 5.32 Å². The van der Waals surface area contributed by atoms with E-state index in [2.05, 4.69) is 10.3 Å². The SMILES string of the molecule is OCC(NCc1cn2ccccc2n1)c1cc(F)c(F)c(F)c1. The molecule has 4 nitrogen and oxygen atoms in total. The molecule has 0 spiro atoms. The fourth-order valence-corrected chi connectivity index (χ4v) is 2.36. The Balaban J connectivity index is 1.77.